The lowest BCUT2D eigenvalue weighted by atomic mass is 10.1. The zero-order valence-electron chi connectivity index (χ0n) is 10.6. The fourth-order valence-corrected chi connectivity index (χ4v) is 1.69. The van der Waals surface area contributed by atoms with E-state index in [-0.39, 0.29) is 5.91 Å². The highest BCUT2D eigenvalue weighted by molar-refractivity contribution is 6.05. The predicted octanol–water partition coefficient (Wildman–Crippen LogP) is 2.22. The molecule has 1 N–H and O–H groups in total. The summed E-state index contributed by atoms with van der Waals surface area (Å²) in [5.41, 5.74) is 1.91. The molecular formula is C14H12N4O. The molecule has 0 atom stereocenters. The normalized spacial score (nSPS) is 9.74. The van der Waals surface area contributed by atoms with Crippen molar-refractivity contribution in [2.24, 2.45) is 0 Å². The van der Waals surface area contributed by atoms with Crippen LogP contribution in [0.4, 0.5) is 5.69 Å². The molecule has 5 heteroatoms. The van der Waals surface area contributed by atoms with Gasteiger partial charge < -0.3 is 5.32 Å². The first-order chi connectivity index (χ1) is 9.11. The highest BCUT2D eigenvalue weighted by atomic mass is 16.1. The van der Waals surface area contributed by atoms with Crippen molar-refractivity contribution in [2.45, 2.75) is 13.8 Å². The van der Waals surface area contributed by atoms with Crippen molar-refractivity contribution in [1.82, 2.24) is 9.97 Å². The van der Waals surface area contributed by atoms with Crippen LogP contribution in [0.5, 0.6) is 0 Å². The van der Waals surface area contributed by atoms with Crippen LogP contribution in [0.15, 0.2) is 30.5 Å². The molecule has 1 aromatic heterocycles. The summed E-state index contributed by atoms with van der Waals surface area (Å²) in [4.78, 5) is 20.3. The van der Waals surface area contributed by atoms with Crippen molar-refractivity contribution >= 4 is 11.6 Å². The Hall–Kier alpha value is -2.74. The Morgan fingerprint density at radius 1 is 1.32 bits per heavy atom. The van der Waals surface area contributed by atoms with Crippen LogP contribution < -0.4 is 5.32 Å². The molecule has 0 aliphatic carbocycles. The van der Waals surface area contributed by atoms with Crippen LogP contribution in [-0.4, -0.2) is 15.9 Å². The minimum Gasteiger partial charge on any atom is -0.321 e. The van der Waals surface area contributed by atoms with Gasteiger partial charge in [-0.2, -0.15) is 5.26 Å². The Morgan fingerprint density at radius 3 is 2.74 bits per heavy atom. The summed E-state index contributed by atoms with van der Waals surface area (Å²) in [6.45, 7) is 3.51. The lowest BCUT2D eigenvalue weighted by molar-refractivity contribution is 0.102. The van der Waals surface area contributed by atoms with Gasteiger partial charge in [0.1, 0.15) is 11.9 Å². The Balaban J connectivity index is 2.29. The van der Waals surface area contributed by atoms with E-state index in [1.165, 1.54) is 6.20 Å². The third kappa shape index (κ3) is 2.75. The van der Waals surface area contributed by atoms with Crippen molar-refractivity contribution in [3.63, 3.8) is 0 Å². The van der Waals surface area contributed by atoms with Crippen molar-refractivity contribution in [2.75, 3.05) is 5.32 Å². The number of aromatic nitrogens is 2. The molecule has 0 bridgehead atoms. The van der Waals surface area contributed by atoms with Crippen molar-refractivity contribution < 1.29 is 4.79 Å². The number of benzene rings is 1. The van der Waals surface area contributed by atoms with Gasteiger partial charge in [0.2, 0.25) is 0 Å². The molecule has 1 heterocycles. The van der Waals surface area contributed by atoms with E-state index in [1.54, 1.807) is 38.1 Å². The standard InChI is InChI=1S/C14H12N4O/c1-9-12(8-16-10(2)17-9)14(19)18-13-6-4-3-5-11(13)7-15/h3-6,8H,1-2H3,(H,18,19). The highest BCUT2D eigenvalue weighted by Gasteiger charge is 2.12. The number of aryl methyl sites for hydroxylation is 2. The number of hydrogen-bond acceptors (Lipinski definition) is 4. The Kier molecular flexibility index (Phi) is 3.53. The fraction of sp³-hybridized carbons (Fsp3) is 0.143. The van der Waals surface area contributed by atoms with E-state index < -0.39 is 0 Å². The third-order valence-corrected chi connectivity index (χ3v) is 2.64. The summed E-state index contributed by atoms with van der Waals surface area (Å²) in [5, 5.41) is 11.7. The lowest BCUT2D eigenvalue weighted by Crippen LogP contribution is -2.15. The van der Waals surface area contributed by atoms with Crippen LogP contribution in [0.2, 0.25) is 0 Å². The van der Waals surface area contributed by atoms with Gasteiger partial charge >= 0.3 is 0 Å². The van der Waals surface area contributed by atoms with Crippen LogP contribution in [0, 0.1) is 25.2 Å². The molecular weight excluding hydrogens is 240 g/mol. The van der Waals surface area contributed by atoms with Crippen LogP contribution >= 0.6 is 0 Å². The number of carbonyl (C=O) groups is 1. The molecule has 94 valence electrons. The maximum atomic E-state index is 12.1. The smallest absolute Gasteiger partial charge is 0.259 e. The number of amides is 1. The molecule has 2 rings (SSSR count). The Labute approximate surface area is 110 Å². The topological polar surface area (TPSA) is 78.7 Å². The van der Waals surface area contributed by atoms with E-state index in [0.717, 1.165) is 0 Å². The van der Waals surface area contributed by atoms with Gasteiger partial charge in [0.15, 0.2) is 0 Å². The first-order valence-corrected chi connectivity index (χ1v) is 5.72. The molecule has 0 aliphatic heterocycles. The number of carbonyl (C=O) groups excluding carboxylic acids is 1. The second-order valence-corrected chi connectivity index (χ2v) is 4.03. The highest BCUT2D eigenvalue weighted by Crippen LogP contribution is 2.15. The zero-order valence-corrected chi connectivity index (χ0v) is 10.6. The summed E-state index contributed by atoms with van der Waals surface area (Å²) in [6.07, 6.45) is 1.49. The maximum absolute atomic E-state index is 12.1. The van der Waals surface area contributed by atoms with E-state index in [0.29, 0.717) is 28.3 Å². The molecule has 0 saturated heterocycles. The number of nitrogens with one attached hydrogen (secondary N) is 1. The first-order valence-electron chi connectivity index (χ1n) is 5.72. The second kappa shape index (κ2) is 5.27. The first kappa shape index (κ1) is 12.7. The SMILES string of the molecule is Cc1ncc(C(=O)Nc2ccccc2C#N)c(C)n1. The summed E-state index contributed by atoms with van der Waals surface area (Å²) < 4.78 is 0. The average molecular weight is 252 g/mol. The number of anilines is 1. The zero-order chi connectivity index (χ0) is 13.8. The van der Waals surface area contributed by atoms with Gasteiger partial charge in [0, 0.05) is 6.20 Å². The van der Waals surface area contributed by atoms with Crippen LogP contribution in [0.1, 0.15) is 27.4 Å². The van der Waals surface area contributed by atoms with Gasteiger partial charge in [-0.3, -0.25) is 4.79 Å². The minimum atomic E-state index is -0.319. The minimum absolute atomic E-state index is 0.319. The van der Waals surface area contributed by atoms with E-state index >= 15 is 0 Å². The van der Waals surface area contributed by atoms with Gasteiger partial charge in [-0.05, 0) is 26.0 Å². The third-order valence-electron chi connectivity index (χ3n) is 2.64. The largest absolute Gasteiger partial charge is 0.321 e. The molecule has 5 nitrogen and oxygen atoms in total. The molecule has 19 heavy (non-hydrogen) atoms. The van der Waals surface area contributed by atoms with Gasteiger partial charge in [-0.25, -0.2) is 9.97 Å². The molecule has 1 amide bonds. The van der Waals surface area contributed by atoms with Gasteiger partial charge in [0.05, 0.1) is 22.5 Å². The van der Waals surface area contributed by atoms with E-state index in [1.807, 2.05) is 6.07 Å². The molecule has 0 aliphatic rings. The molecule has 2 aromatic rings. The fourth-order valence-electron chi connectivity index (χ4n) is 1.69. The van der Waals surface area contributed by atoms with Crippen molar-refractivity contribution in [1.29, 1.82) is 5.26 Å². The Morgan fingerprint density at radius 2 is 2.05 bits per heavy atom. The number of rotatable bonds is 2. The predicted molar refractivity (Wildman–Crippen MR) is 70.6 cm³/mol. The van der Waals surface area contributed by atoms with Crippen molar-refractivity contribution in [3.05, 3.63) is 53.1 Å². The second-order valence-electron chi connectivity index (χ2n) is 4.03. The number of para-hydroxylation sites is 1. The summed E-state index contributed by atoms with van der Waals surface area (Å²) in [7, 11) is 0. The molecule has 0 fully saturated rings. The average Bonchev–Trinajstić information content (AvgIpc) is 2.39. The summed E-state index contributed by atoms with van der Waals surface area (Å²) >= 11 is 0. The van der Waals surface area contributed by atoms with E-state index in [2.05, 4.69) is 15.3 Å². The monoisotopic (exact) mass is 252 g/mol. The molecule has 0 unspecified atom stereocenters. The molecule has 0 spiro atoms. The van der Waals surface area contributed by atoms with Gasteiger partial charge in [0.25, 0.3) is 5.91 Å². The van der Waals surface area contributed by atoms with Crippen molar-refractivity contribution in [3.8, 4) is 6.07 Å². The number of hydrogen-bond donors (Lipinski definition) is 1. The molecule has 1 aromatic carbocycles. The van der Waals surface area contributed by atoms with Gasteiger partial charge in [-0.15, -0.1) is 0 Å². The van der Waals surface area contributed by atoms with E-state index in [9.17, 15) is 4.79 Å². The molecule has 0 radical (unpaired) electrons. The maximum Gasteiger partial charge on any atom is 0.259 e. The summed E-state index contributed by atoms with van der Waals surface area (Å²) in [6, 6.07) is 8.86. The number of nitrogens with zero attached hydrogens (tertiary/aromatic N) is 3. The van der Waals surface area contributed by atoms with E-state index in [4.69, 9.17) is 5.26 Å². The lowest BCUT2D eigenvalue weighted by Gasteiger charge is -2.08. The number of nitriles is 1. The Bertz CT molecular complexity index is 673. The van der Waals surface area contributed by atoms with Gasteiger partial charge in [-0.1, -0.05) is 12.1 Å². The van der Waals surface area contributed by atoms with Crippen LogP contribution in [-0.2, 0) is 0 Å². The quantitative estimate of drug-likeness (QED) is 0.888. The van der Waals surface area contributed by atoms with Crippen LogP contribution in [0.25, 0.3) is 0 Å². The van der Waals surface area contributed by atoms with Crippen LogP contribution in [0.3, 0.4) is 0 Å². The molecule has 0 saturated carbocycles. The summed E-state index contributed by atoms with van der Waals surface area (Å²) in [5.74, 6) is 0.298.